The Hall–Kier alpha value is -1.80. The summed E-state index contributed by atoms with van der Waals surface area (Å²) in [6.45, 7) is 4.07. The fourth-order valence-electron chi connectivity index (χ4n) is 1.63. The summed E-state index contributed by atoms with van der Waals surface area (Å²) in [5.41, 5.74) is 0.662. The van der Waals surface area contributed by atoms with Gasteiger partial charge in [0.1, 0.15) is 5.75 Å². The van der Waals surface area contributed by atoms with Crippen LogP contribution in [0.4, 0.5) is 10.8 Å². The number of amides is 1. The third-order valence-electron chi connectivity index (χ3n) is 2.53. The van der Waals surface area contributed by atoms with E-state index in [0.717, 1.165) is 9.47 Å². The molecule has 0 atom stereocenters. The normalized spacial score (nSPS) is 10.5. The van der Waals surface area contributed by atoms with Gasteiger partial charge in [0.2, 0.25) is 11.0 Å². The number of carbonyl (C=O) groups is 1. The standard InChI is InChI=1S/C14H18N4O2S2/c1-9(2)15-13-17-18-14(22-13)21-8-12(19)16-10-6-4-5-7-11(10)20-3/h4-7,9H,8H2,1-3H3,(H,15,17)(H,16,19). The Bertz CT molecular complexity index is 631. The number of nitrogens with zero attached hydrogens (tertiary/aromatic N) is 2. The van der Waals surface area contributed by atoms with Crippen LogP contribution in [-0.4, -0.2) is 35.0 Å². The van der Waals surface area contributed by atoms with E-state index in [2.05, 4.69) is 20.8 Å². The highest BCUT2D eigenvalue weighted by molar-refractivity contribution is 8.01. The molecule has 0 saturated heterocycles. The predicted octanol–water partition coefficient (Wildman–Crippen LogP) is 3.10. The summed E-state index contributed by atoms with van der Waals surface area (Å²) < 4.78 is 5.96. The van der Waals surface area contributed by atoms with Crippen molar-refractivity contribution in [3.05, 3.63) is 24.3 Å². The summed E-state index contributed by atoms with van der Waals surface area (Å²) in [6, 6.07) is 7.61. The van der Waals surface area contributed by atoms with Crippen LogP contribution in [0.1, 0.15) is 13.8 Å². The third kappa shape index (κ3) is 4.88. The van der Waals surface area contributed by atoms with E-state index in [1.165, 1.54) is 23.1 Å². The van der Waals surface area contributed by atoms with Crippen LogP contribution in [0, 0.1) is 0 Å². The lowest BCUT2D eigenvalue weighted by Gasteiger charge is -2.08. The quantitative estimate of drug-likeness (QED) is 0.756. The van der Waals surface area contributed by atoms with Crippen molar-refractivity contribution in [2.45, 2.75) is 24.2 Å². The van der Waals surface area contributed by atoms with Crippen LogP contribution in [-0.2, 0) is 4.79 Å². The van der Waals surface area contributed by atoms with E-state index in [-0.39, 0.29) is 11.7 Å². The van der Waals surface area contributed by atoms with Crippen molar-refractivity contribution in [3.8, 4) is 5.75 Å². The molecule has 0 aliphatic carbocycles. The molecule has 2 rings (SSSR count). The highest BCUT2D eigenvalue weighted by Crippen LogP contribution is 2.27. The van der Waals surface area contributed by atoms with Gasteiger partial charge in [-0.2, -0.15) is 0 Å². The number of anilines is 2. The van der Waals surface area contributed by atoms with Gasteiger partial charge < -0.3 is 15.4 Å². The average molecular weight is 338 g/mol. The van der Waals surface area contributed by atoms with Gasteiger partial charge in [0.15, 0.2) is 4.34 Å². The smallest absolute Gasteiger partial charge is 0.234 e. The largest absolute Gasteiger partial charge is 0.495 e. The monoisotopic (exact) mass is 338 g/mol. The first-order valence-electron chi connectivity index (χ1n) is 6.74. The van der Waals surface area contributed by atoms with Gasteiger partial charge in [-0.25, -0.2) is 0 Å². The number of ether oxygens (including phenoxy) is 1. The molecule has 2 N–H and O–H groups in total. The fraction of sp³-hybridized carbons (Fsp3) is 0.357. The van der Waals surface area contributed by atoms with Crippen molar-refractivity contribution < 1.29 is 9.53 Å². The second-order valence-electron chi connectivity index (χ2n) is 4.71. The van der Waals surface area contributed by atoms with Crippen molar-refractivity contribution in [2.24, 2.45) is 0 Å². The number of rotatable bonds is 7. The van der Waals surface area contributed by atoms with E-state index >= 15 is 0 Å². The molecule has 118 valence electrons. The summed E-state index contributed by atoms with van der Waals surface area (Å²) in [6.07, 6.45) is 0. The third-order valence-corrected chi connectivity index (χ3v) is 4.51. The molecule has 0 saturated carbocycles. The number of methoxy groups -OCH3 is 1. The first kappa shape index (κ1) is 16.6. The number of hydrogen-bond donors (Lipinski definition) is 2. The topological polar surface area (TPSA) is 76.1 Å². The minimum atomic E-state index is -0.108. The molecule has 1 heterocycles. The van der Waals surface area contributed by atoms with Crippen LogP contribution in [0.2, 0.25) is 0 Å². The number of nitrogens with one attached hydrogen (secondary N) is 2. The van der Waals surface area contributed by atoms with Crippen molar-refractivity contribution in [3.63, 3.8) is 0 Å². The molecule has 1 aromatic carbocycles. The molecule has 1 amide bonds. The van der Waals surface area contributed by atoms with Gasteiger partial charge in [0.25, 0.3) is 0 Å². The minimum Gasteiger partial charge on any atom is -0.495 e. The van der Waals surface area contributed by atoms with Gasteiger partial charge in [-0.15, -0.1) is 10.2 Å². The van der Waals surface area contributed by atoms with E-state index in [1.54, 1.807) is 19.2 Å². The molecule has 0 aliphatic rings. The molecule has 0 radical (unpaired) electrons. The van der Waals surface area contributed by atoms with Gasteiger partial charge >= 0.3 is 0 Å². The Morgan fingerprint density at radius 1 is 1.36 bits per heavy atom. The van der Waals surface area contributed by atoms with Crippen LogP contribution in [0.5, 0.6) is 5.75 Å². The maximum atomic E-state index is 12.0. The van der Waals surface area contributed by atoms with E-state index < -0.39 is 0 Å². The summed E-state index contributed by atoms with van der Waals surface area (Å²) in [5.74, 6) is 0.803. The van der Waals surface area contributed by atoms with Gasteiger partial charge in [-0.3, -0.25) is 4.79 Å². The molecule has 0 bridgehead atoms. The second-order valence-corrected chi connectivity index (χ2v) is 6.91. The molecule has 0 spiro atoms. The maximum absolute atomic E-state index is 12.0. The Kier molecular flexibility index (Phi) is 6.02. The number of hydrogen-bond acceptors (Lipinski definition) is 7. The zero-order valence-corrected chi connectivity index (χ0v) is 14.3. The Balaban J connectivity index is 1.86. The zero-order chi connectivity index (χ0) is 15.9. The van der Waals surface area contributed by atoms with Crippen molar-refractivity contribution in [1.82, 2.24) is 10.2 Å². The molecule has 1 aromatic heterocycles. The highest BCUT2D eigenvalue weighted by Gasteiger charge is 2.10. The highest BCUT2D eigenvalue weighted by atomic mass is 32.2. The zero-order valence-electron chi connectivity index (χ0n) is 12.6. The van der Waals surface area contributed by atoms with E-state index in [1.807, 2.05) is 26.0 Å². The summed E-state index contributed by atoms with van der Waals surface area (Å²) in [7, 11) is 1.57. The SMILES string of the molecule is COc1ccccc1NC(=O)CSc1nnc(NC(C)C)s1. The summed E-state index contributed by atoms with van der Waals surface area (Å²) in [5, 5.41) is 14.9. The van der Waals surface area contributed by atoms with Crippen molar-refractivity contribution in [1.29, 1.82) is 0 Å². The van der Waals surface area contributed by atoms with Crippen LogP contribution >= 0.6 is 23.1 Å². The van der Waals surface area contributed by atoms with Crippen LogP contribution in [0.15, 0.2) is 28.6 Å². The molecule has 0 aliphatic heterocycles. The van der Waals surface area contributed by atoms with Crippen LogP contribution < -0.4 is 15.4 Å². The van der Waals surface area contributed by atoms with E-state index in [4.69, 9.17) is 4.74 Å². The molecule has 0 fully saturated rings. The number of carbonyl (C=O) groups excluding carboxylic acids is 1. The Morgan fingerprint density at radius 3 is 2.86 bits per heavy atom. The number of thioether (sulfide) groups is 1. The van der Waals surface area contributed by atoms with Gasteiger partial charge in [-0.05, 0) is 26.0 Å². The first-order valence-corrected chi connectivity index (χ1v) is 8.54. The summed E-state index contributed by atoms with van der Waals surface area (Å²) >= 11 is 2.80. The lowest BCUT2D eigenvalue weighted by molar-refractivity contribution is -0.113. The first-order chi connectivity index (χ1) is 10.6. The molecular weight excluding hydrogens is 320 g/mol. The molecular formula is C14H18N4O2S2. The van der Waals surface area contributed by atoms with Crippen molar-refractivity contribution in [2.75, 3.05) is 23.5 Å². The molecule has 0 unspecified atom stereocenters. The van der Waals surface area contributed by atoms with E-state index in [0.29, 0.717) is 17.5 Å². The lowest BCUT2D eigenvalue weighted by Crippen LogP contribution is -2.14. The van der Waals surface area contributed by atoms with Crippen LogP contribution in [0.3, 0.4) is 0 Å². The molecule has 6 nitrogen and oxygen atoms in total. The number of aromatic nitrogens is 2. The number of para-hydroxylation sites is 2. The Morgan fingerprint density at radius 2 is 2.14 bits per heavy atom. The summed E-state index contributed by atoms with van der Waals surface area (Å²) in [4.78, 5) is 12.0. The molecule has 8 heteroatoms. The predicted molar refractivity (Wildman–Crippen MR) is 91.0 cm³/mol. The van der Waals surface area contributed by atoms with E-state index in [9.17, 15) is 4.79 Å². The van der Waals surface area contributed by atoms with Gasteiger partial charge in [0, 0.05) is 6.04 Å². The maximum Gasteiger partial charge on any atom is 0.234 e. The molecule has 2 aromatic rings. The Labute approximate surface area is 137 Å². The van der Waals surface area contributed by atoms with Gasteiger partial charge in [-0.1, -0.05) is 35.2 Å². The second kappa shape index (κ2) is 8.00. The minimum absolute atomic E-state index is 0.108. The van der Waals surface area contributed by atoms with Crippen LogP contribution in [0.25, 0.3) is 0 Å². The lowest BCUT2D eigenvalue weighted by atomic mass is 10.3. The fourth-order valence-corrected chi connectivity index (χ4v) is 3.33. The molecule has 22 heavy (non-hydrogen) atoms. The average Bonchev–Trinajstić information content (AvgIpc) is 2.92. The van der Waals surface area contributed by atoms with Crippen molar-refractivity contribution >= 4 is 39.8 Å². The van der Waals surface area contributed by atoms with Gasteiger partial charge in [0.05, 0.1) is 18.6 Å². The number of benzene rings is 1.